The lowest BCUT2D eigenvalue weighted by atomic mass is 10.0. The van der Waals surface area contributed by atoms with E-state index in [4.69, 9.17) is 39.0 Å². The van der Waals surface area contributed by atoms with Crippen LogP contribution in [0.5, 0.6) is 0 Å². The number of benzene rings is 1. The van der Waals surface area contributed by atoms with Gasteiger partial charge in [0.1, 0.15) is 11.5 Å². The lowest BCUT2D eigenvalue weighted by molar-refractivity contribution is 0.0245. The quantitative estimate of drug-likeness (QED) is 0.409. The van der Waals surface area contributed by atoms with E-state index in [-0.39, 0.29) is 6.10 Å². The van der Waals surface area contributed by atoms with Gasteiger partial charge in [-0.3, -0.25) is 0 Å². The molecule has 0 N–H and O–H groups in total. The van der Waals surface area contributed by atoms with Crippen LogP contribution in [0.4, 0.5) is 11.6 Å². The number of hydrogen-bond acceptors (Lipinski definition) is 6. The average Bonchev–Trinajstić information content (AvgIpc) is 3.58. The number of hydrogen-bond donors (Lipinski definition) is 0. The summed E-state index contributed by atoms with van der Waals surface area (Å²) in [4.78, 5) is 14.1. The Kier molecular flexibility index (Phi) is 6.01. The molecule has 0 radical (unpaired) electrons. The molecule has 0 bridgehead atoms. The molecule has 3 aromatic rings. The maximum Gasteiger partial charge on any atom is 0.223 e. The van der Waals surface area contributed by atoms with Gasteiger partial charge >= 0.3 is 0 Å². The van der Waals surface area contributed by atoms with E-state index < -0.39 is 0 Å². The molecule has 1 aromatic carbocycles. The molecule has 1 saturated heterocycles. The van der Waals surface area contributed by atoms with Crippen LogP contribution in [0.3, 0.4) is 0 Å². The van der Waals surface area contributed by atoms with Crippen LogP contribution in [0, 0.1) is 6.57 Å². The Bertz CT molecular complexity index is 1130. The summed E-state index contributed by atoms with van der Waals surface area (Å²) in [6.07, 6.45) is 7.16. The molecule has 5 rings (SSSR count). The van der Waals surface area contributed by atoms with E-state index in [2.05, 4.69) is 24.9 Å². The molecule has 7 nitrogen and oxygen atoms in total. The van der Waals surface area contributed by atoms with Gasteiger partial charge in [0.25, 0.3) is 0 Å². The van der Waals surface area contributed by atoms with Crippen LogP contribution >= 0.6 is 23.2 Å². The first-order valence-corrected chi connectivity index (χ1v) is 11.4. The fourth-order valence-corrected chi connectivity index (χ4v) is 4.58. The number of nitrogens with zero attached hydrogens (tertiary/aromatic N) is 5. The van der Waals surface area contributed by atoms with E-state index >= 15 is 0 Å². The molecule has 164 valence electrons. The molecular formula is C23H21Cl2N5O2. The first kappa shape index (κ1) is 21.2. The van der Waals surface area contributed by atoms with Crippen molar-refractivity contribution in [1.29, 1.82) is 0 Å². The molecule has 2 fully saturated rings. The Balaban J connectivity index is 1.27. The van der Waals surface area contributed by atoms with Gasteiger partial charge in [-0.2, -0.15) is 0 Å². The van der Waals surface area contributed by atoms with E-state index in [0.717, 1.165) is 50.1 Å². The van der Waals surface area contributed by atoms with Crippen molar-refractivity contribution in [3.63, 3.8) is 0 Å². The fraction of sp³-hybridized carbons (Fsp3) is 0.391. The van der Waals surface area contributed by atoms with Gasteiger partial charge in [0, 0.05) is 42.5 Å². The molecule has 1 saturated carbocycles. The van der Waals surface area contributed by atoms with Crippen LogP contribution < -0.4 is 4.90 Å². The smallest absolute Gasteiger partial charge is 0.223 e. The first-order chi connectivity index (χ1) is 15.6. The molecule has 1 aliphatic carbocycles. The van der Waals surface area contributed by atoms with Gasteiger partial charge in [0.05, 0.1) is 29.3 Å². The van der Waals surface area contributed by atoms with Gasteiger partial charge in [-0.25, -0.2) is 14.8 Å². The van der Waals surface area contributed by atoms with Crippen molar-refractivity contribution in [3.8, 4) is 11.3 Å². The Hall–Kier alpha value is -2.66. The molecule has 0 unspecified atom stereocenters. The largest absolute Gasteiger partial charge is 0.373 e. The second-order valence-electron chi connectivity index (χ2n) is 8.10. The Morgan fingerprint density at radius 1 is 1.09 bits per heavy atom. The van der Waals surface area contributed by atoms with Crippen LogP contribution in [-0.4, -0.2) is 34.3 Å². The van der Waals surface area contributed by atoms with Gasteiger partial charge < -0.3 is 14.2 Å². The van der Waals surface area contributed by atoms with Gasteiger partial charge in [0.15, 0.2) is 0 Å². The van der Waals surface area contributed by atoms with Crippen molar-refractivity contribution < 1.29 is 9.26 Å². The lowest BCUT2D eigenvalue weighted by Gasteiger charge is -2.32. The molecule has 0 spiro atoms. The lowest BCUT2D eigenvalue weighted by Crippen LogP contribution is -2.37. The first-order valence-electron chi connectivity index (χ1n) is 10.6. The zero-order valence-corrected chi connectivity index (χ0v) is 18.8. The third kappa shape index (κ3) is 4.31. The molecule has 3 heterocycles. The predicted molar refractivity (Wildman–Crippen MR) is 122 cm³/mol. The van der Waals surface area contributed by atoms with Crippen LogP contribution in [0.2, 0.25) is 10.0 Å². The summed E-state index contributed by atoms with van der Waals surface area (Å²) in [6, 6.07) is 5.43. The normalized spacial score (nSPS) is 16.8. The van der Waals surface area contributed by atoms with Gasteiger partial charge in [0.2, 0.25) is 11.6 Å². The van der Waals surface area contributed by atoms with E-state index in [1.165, 1.54) is 0 Å². The van der Waals surface area contributed by atoms with E-state index in [9.17, 15) is 0 Å². The highest BCUT2D eigenvalue weighted by molar-refractivity contribution is 6.39. The predicted octanol–water partition coefficient (Wildman–Crippen LogP) is 6.05. The molecule has 1 aliphatic heterocycles. The number of halogens is 2. The highest BCUT2D eigenvalue weighted by Crippen LogP contribution is 2.46. The molecule has 9 heteroatoms. The number of piperidine rings is 1. The van der Waals surface area contributed by atoms with E-state index in [1.54, 1.807) is 24.5 Å². The van der Waals surface area contributed by atoms with Crippen molar-refractivity contribution in [3.05, 3.63) is 63.4 Å². The van der Waals surface area contributed by atoms with E-state index in [1.807, 2.05) is 6.07 Å². The number of ether oxygens (including phenoxy) is 1. The van der Waals surface area contributed by atoms with Crippen LogP contribution in [-0.2, 0) is 11.3 Å². The number of rotatable bonds is 6. The third-order valence-corrected chi connectivity index (χ3v) is 6.54. The zero-order valence-electron chi connectivity index (χ0n) is 17.3. The molecule has 32 heavy (non-hydrogen) atoms. The zero-order chi connectivity index (χ0) is 22.1. The monoisotopic (exact) mass is 469 g/mol. The number of anilines is 1. The fourth-order valence-electron chi connectivity index (χ4n) is 4.01. The summed E-state index contributed by atoms with van der Waals surface area (Å²) in [7, 11) is 0. The Labute approximate surface area is 196 Å². The summed E-state index contributed by atoms with van der Waals surface area (Å²) >= 11 is 12.9. The van der Waals surface area contributed by atoms with Crippen molar-refractivity contribution >= 4 is 34.8 Å². The minimum atomic E-state index is 0.116. The molecule has 2 aromatic heterocycles. The molecular weight excluding hydrogens is 449 g/mol. The minimum Gasteiger partial charge on any atom is -0.373 e. The average molecular weight is 470 g/mol. The van der Waals surface area contributed by atoms with Crippen molar-refractivity contribution in [1.82, 2.24) is 15.1 Å². The van der Waals surface area contributed by atoms with Gasteiger partial charge in [-0.05, 0) is 37.8 Å². The maximum absolute atomic E-state index is 7.02. The second-order valence-corrected chi connectivity index (χ2v) is 8.91. The van der Waals surface area contributed by atoms with Crippen molar-refractivity contribution in [2.75, 3.05) is 18.0 Å². The van der Waals surface area contributed by atoms with Crippen LogP contribution in [0.1, 0.15) is 42.9 Å². The molecule has 0 atom stereocenters. The second kappa shape index (κ2) is 9.07. The van der Waals surface area contributed by atoms with Gasteiger partial charge in [-0.15, -0.1) is 0 Å². The summed E-state index contributed by atoms with van der Waals surface area (Å²) in [6.45, 7) is 9.02. The minimum absolute atomic E-state index is 0.116. The molecule has 0 amide bonds. The summed E-state index contributed by atoms with van der Waals surface area (Å²) in [5.41, 5.74) is 2.76. The number of aromatic nitrogens is 3. The Morgan fingerprint density at radius 2 is 1.78 bits per heavy atom. The summed E-state index contributed by atoms with van der Waals surface area (Å²) < 4.78 is 12.0. The standard InChI is InChI=1S/C23H21Cl2N5O2/c1-26-15-11-27-23(28-12-15)30-9-7-16(8-10-30)31-13-17-21(29-32-22(17)14-5-6-14)20-18(24)3-2-4-19(20)25/h2-4,11-12,14,16H,5-10,13H2. The summed E-state index contributed by atoms with van der Waals surface area (Å²) in [5, 5.41) is 5.43. The van der Waals surface area contributed by atoms with Crippen LogP contribution in [0.25, 0.3) is 16.1 Å². The molecule has 2 aliphatic rings. The third-order valence-electron chi connectivity index (χ3n) is 5.91. The van der Waals surface area contributed by atoms with Crippen molar-refractivity contribution in [2.24, 2.45) is 0 Å². The highest BCUT2D eigenvalue weighted by Gasteiger charge is 2.34. The highest BCUT2D eigenvalue weighted by atomic mass is 35.5. The Morgan fingerprint density at radius 3 is 2.41 bits per heavy atom. The summed E-state index contributed by atoms with van der Waals surface area (Å²) in [5.74, 6) is 1.94. The van der Waals surface area contributed by atoms with Gasteiger partial charge in [-0.1, -0.05) is 34.4 Å². The van der Waals surface area contributed by atoms with Crippen molar-refractivity contribution in [2.45, 2.75) is 44.3 Å². The SMILES string of the molecule is [C-]#[N+]c1cnc(N2CCC(OCc3c(-c4c(Cl)cccc4Cl)noc3C3CC3)CC2)nc1. The van der Waals surface area contributed by atoms with Crippen LogP contribution in [0.15, 0.2) is 35.1 Å². The maximum atomic E-state index is 7.02. The van der Waals surface area contributed by atoms with E-state index in [0.29, 0.717) is 45.5 Å². The topological polar surface area (TPSA) is 68.6 Å².